The molecule has 3 aliphatic rings. The first-order valence-corrected chi connectivity index (χ1v) is 14.7. The van der Waals surface area contributed by atoms with Crippen LogP contribution in [0.4, 0.5) is 17.3 Å². The van der Waals surface area contributed by atoms with Crippen LogP contribution in [0.3, 0.4) is 0 Å². The molecule has 42 heavy (non-hydrogen) atoms. The fraction of sp³-hybridized carbons (Fsp3) is 0.419. The molecule has 4 aromatic rings. The minimum absolute atomic E-state index is 0.0958. The number of aromatic nitrogens is 5. The Balaban J connectivity index is 1.23. The zero-order valence-electron chi connectivity index (χ0n) is 24.3. The molecule has 1 atom stereocenters. The molecular weight excluding hydrogens is 532 g/mol. The summed E-state index contributed by atoms with van der Waals surface area (Å²) in [7, 11) is 3.80. The maximum atomic E-state index is 13.7. The highest BCUT2D eigenvalue weighted by molar-refractivity contribution is 6.06. The molecular formula is C31H36N8O3. The summed E-state index contributed by atoms with van der Waals surface area (Å²) in [6, 6.07) is 8.00. The topological polar surface area (TPSA) is 113 Å². The first kappa shape index (κ1) is 26.7. The molecule has 218 valence electrons. The molecule has 11 heteroatoms. The minimum Gasteiger partial charge on any atom is -0.392 e. The summed E-state index contributed by atoms with van der Waals surface area (Å²) in [5.74, 6) is 0.972. The highest BCUT2D eigenvalue weighted by Crippen LogP contribution is 2.34. The number of amides is 1. The van der Waals surface area contributed by atoms with Crippen LogP contribution >= 0.6 is 0 Å². The number of rotatable bonds is 5. The summed E-state index contributed by atoms with van der Waals surface area (Å²) in [5, 5.41) is 18.5. The number of aliphatic hydroxyl groups excluding tert-OH is 1. The van der Waals surface area contributed by atoms with E-state index in [1.807, 2.05) is 22.9 Å². The van der Waals surface area contributed by atoms with Crippen molar-refractivity contribution in [2.75, 3.05) is 23.8 Å². The standard InChI is InChI=1S/C31H36N8O3/c1-19-15-39-22(17-35(19)2)14-28(34-39)33-25-12-21(16-36(3)30(25)41)23-8-9-32-29(24(23)18-40)38-11-10-37-26-7-5-4-6-20(26)13-27(37)31(38)42/h8-9,12-14,16,19,40H,4-7,10-11,15,17-18H2,1-3H3,(H,33,34). The number of likely N-dealkylation sites (N-methyl/N-ethyl adjacent to an activating group) is 1. The molecule has 0 aromatic carbocycles. The fourth-order valence-electron chi connectivity index (χ4n) is 6.67. The Hall–Kier alpha value is -4.22. The first-order chi connectivity index (χ1) is 20.3. The fourth-order valence-corrected chi connectivity index (χ4v) is 6.67. The molecule has 0 spiro atoms. The summed E-state index contributed by atoms with van der Waals surface area (Å²) >= 11 is 0. The van der Waals surface area contributed by atoms with Gasteiger partial charge in [0, 0.05) is 68.0 Å². The van der Waals surface area contributed by atoms with Crippen molar-refractivity contribution in [1.29, 1.82) is 0 Å². The lowest BCUT2D eigenvalue weighted by Gasteiger charge is -2.30. The van der Waals surface area contributed by atoms with Gasteiger partial charge in [-0.05, 0) is 69.0 Å². The van der Waals surface area contributed by atoms with Gasteiger partial charge < -0.3 is 19.6 Å². The number of aryl methyl sites for hydroxylation is 2. The molecule has 2 aliphatic heterocycles. The van der Waals surface area contributed by atoms with Gasteiger partial charge in [-0.15, -0.1) is 0 Å². The van der Waals surface area contributed by atoms with Gasteiger partial charge >= 0.3 is 0 Å². The zero-order chi connectivity index (χ0) is 29.1. The van der Waals surface area contributed by atoms with Gasteiger partial charge in [0.2, 0.25) is 0 Å². The molecule has 4 aromatic heterocycles. The van der Waals surface area contributed by atoms with Crippen molar-refractivity contribution in [3.63, 3.8) is 0 Å². The molecule has 1 amide bonds. The van der Waals surface area contributed by atoms with E-state index in [2.05, 4.69) is 33.7 Å². The molecule has 6 heterocycles. The Morgan fingerprint density at radius 1 is 1.10 bits per heavy atom. The van der Waals surface area contributed by atoms with Crippen LogP contribution in [-0.2, 0) is 46.1 Å². The van der Waals surface area contributed by atoms with Crippen LogP contribution in [0, 0.1) is 0 Å². The zero-order valence-corrected chi connectivity index (χ0v) is 24.3. The van der Waals surface area contributed by atoms with Crippen molar-refractivity contribution in [2.45, 2.75) is 64.9 Å². The van der Waals surface area contributed by atoms with Gasteiger partial charge in [-0.1, -0.05) is 0 Å². The van der Waals surface area contributed by atoms with E-state index in [0.29, 0.717) is 53.3 Å². The quantitative estimate of drug-likeness (QED) is 0.381. The van der Waals surface area contributed by atoms with Gasteiger partial charge in [-0.25, -0.2) is 4.98 Å². The van der Waals surface area contributed by atoms with Gasteiger partial charge in [0.1, 0.15) is 17.2 Å². The van der Waals surface area contributed by atoms with Crippen molar-refractivity contribution in [3.05, 3.63) is 75.2 Å². The Kier molecular flexibility index (Phi) is 6.51. The van der Waals surface area contributed by atoms with Crippen LogP contribution in [-0.4, -0.2) is 59.4 Å². The molecule has 0 radical (unpaired) electrons. The molecule has 1 unspecified atom stereocenters. The lowest BCUT2D eigenvalue weighted by molar-refractivity contribution is 0.0963. The number of carbonyl (C=O) groups excluding carboxylic acids is 1. The van der Waals surface area contributed by atoms with E-state index in [1.54, 1.807) is 30.4 Å². The third-order valence-corrected chi connectivity index (χ3v) is 9.09. The van der Waals surface area contributed by atoms with Crippen LogP contribution in [0.15, 0.2) is 41.5 Å². The van der Waals surface area contributed by atoms with Crippen molar-refractivity contribution >= 4 is 23.2 Å². The third-order valence-electron chi connectivity index (χ3n) is 9.09. The highest BCUT2D eigenvalue weighted by atomic mass is 16.3. The molecule has 1 aliphatic carbocycles. The number of hydrogen-bond donors (Lipinski definition) is 2. The summed E-state index contributed by atoms with van der Waals surface area (Å²) in [6.45, 7) is 4.62. The first-order valence-electron chi connectivity index (χ1n) is 14.7. The van der Waals surface area contributed by atoms with Gasteiger partial charge in [0.05, 0.1) is 18.8 Å². The second kappa shape index (κ2) is 10.2. The van der Waals surface area contributed by atoms with E-state index < -0.39 is 0 Å². The minimum atomic E-state index is -0.301. The lowest BCUT2D eigenvalue weighted by Crippen LogP contribution is -2.41. The maximum Gasteiger partial charge on any atom is 0.276 e. The predicted molar refractivity (Wildman–Crippen MR) is 160 cm³/mol. The van der Waals surface area contributed by atoms with E-state index in [4.69, 9.17) is 5.10 Å². The summed E-state index contributed by atoms with van der Waals surface area (Å²) < 4.78 is 5.68. The molecule has 11 nitrogen and oxygen atoms in total. The number of fused-ring (bicyclic) bond motifs is 4. The van der Waals surface area contributed by atoms with Gasteiger partial charge in [-0.2, -0.15) is 5.10 Å². The Morgan fingerprint density at radius 3 is 2.76 bits per heavy atom. The number of pyridine rings is 2. The molecule has 7 rings (SSSR count). The summed E-state index contributed by atoms with van der Waals surface area (Å²) in [5.41, 5.74) is 6.54. The predicted octanol–water partition coefficient (Wildman–Crippen LogP) is 3.05. The number of nitrogens with one attached hydrogen (secondary N) is 1. The van der Waals surface area contributed by atoms with Crippen molar-refractivity contribution in [3.8, 4) is 11.1 Å². The van der Waals surface area contributed by atoms with Gasteiger partial charge in [0.15, 0.2) is 5.82 Å². The largest absolute Gasteiger partial charge is 0.392 e. The van der Waals surface area contributed by atoms with Crippen LogP contribution < -0.4 is 15.8 Å². The Labute approximate surface area is 244 Å². The van der Waals surface area contributed by atoms with Crippen LogP contribution in [0.1, 0.15) is 52.8 Å². The second-order valence-corrected chi connectivity index (χ2v) is 11.8. The van der Waals surface area contributed by atoms with E-state index in [9.17, 15) is 14.7 Å². The van der Waals surface area contributed by atoms with Gasteiger partial charge in [-0.3, -0.25) is 24.1 Å². The van der Waals surface area contributed by atoms with Crippen LogP contribution in [0.25, 0.3) is 11.1 Å². The number of hydrogen-bond acceptors (Lipinski definition) is 7. The average Bonchev–Trinajstić information content (AvgIpc) is 3.56. The molecule has 0 saturated carbocycles. The normalized spacial score (nSPS) is 18.5. The lowest BCUT2D eigenvalue weighted by atomic mass is 9.98. The second-order valence-electron chi connectivity index (χ2n) is 11.8. The third kappa shape index (κ3) is 4.35. The van der Waals surface area contributed by atoms with Crippen molar-refractivity contribution < 1.29 is 9.90 Å². The van der Waals surface area contributed by atoms with Crippen LogP contribution in [0.2, 0.25) is 0 Å². The van der Waals surface area contributed by atoms with E-state index in [-0.39, 0.29) is 18.1 Å². The van der Waals surface area contributed by atoms with Crippen molar-refractivity contribution in [1.82, 2.24) is 28.8 Å². The Bertz CT molecular complexity index is 1740. The SMILES string of the molecule is CC1Cn2nc(Nc3cc(-c4ccnc(N5CCn6c(cc7c6CCCC7)C5=O)c4CO)cn(C)c3=O)cc2CN1C. The van der Waals surface area contributed by atoms with E-state index in [0.717, 1.165) is 50.0 Å². The average molecular weight is 569 g/mol. The highest BCUT2D eigenvalue weighted by Gasteiger charge is 2.32. The smallest absolute Gasteiger partial charge is 0.276 e. The number of carbonyl (C=O) groups is 1. The van der Waals surface area contributed by atoms with Gasteiger partial charge in [0.25, 0.3) is 11.5 Å². The monoisotopic (exact) mass is 568 g/mol. The molecule has 2 N–H and O–H groups in total. The van der Waals surface area contributed by atoms with Crippen molar-refractivity contribution in [2.24, 2.45) is 7.05 Å². The number of aliphatic hydroxyl groups is 1. The summed E-state index contributed by atoms with van der Waals surface area (Å²) in [6.07, 6.45) is 7.75. The molecule has 0 saturated heterocycles. The summed E-state index contributed by atoms with van der Waals surface area (Å²) in [4.78, 5) is 35.4. The molecule has 0 fully saturated rings. The van der Waals surface area contributed by atoms with E-state index in [1.165, 1.54) is 15.8 Å². The number of anilines is 3. The Morgan fingerprint density at radius 2 is 1.93 bits per heavy atom. The molecule has 0 bridgehead atoms. The van der Waals surface area contributed by atoms with E-state index >= 15 is 0 Å². The van der Waals surface area contributed by atoms with Crippen LogP contribution in [0.5, 0.6) is 0 Å². The maximum absolute atomic E-state index is 13.7. The number of nitrogens with zero attached hydrogens (tertiary/aromatic N) is 7.